The maximum absolute atomic E-state index is 12.3. The summed E-state index contributed by atoms with van der Waals surface area (Å²) in [4.78, 5) is 21.1. The summed E-state index contributed by atoms with van der Waals surface area (Å²) in [5.74, 6) is 0. The first kappa shape index (κ1) is 15.1. The van der Waals surface area contributed by atoms with Crippen LogP contribution in [0.1, 0.15) is 5.56 Å². The van der Waals surface area contributed by atoms with Gasteiger partial charge in [-0.3, -0.25) is 9.97 Å². The van der Waals surface area contributed by atoms with Gasteiger partial charge < -0.3 is 10.6 Å². The Labute approximate surface area is 144 Å². The Kier molecular flexibility index (Phi) is 3.96. The SMILES string of the molecule is O=C(NCc1ccccc1)Nc1cc2ncccc2c2cccnc12. The molecule has 122 valence electrons. The number of hydrogen-bond acceptors (Lipinski definition) is 3. The fourth-order valence-electron chi connectivity index (χ4n) is 2.84. The molecule has 0 aliphatic carbocycles. The number of pyridine rings is 2. The van der Waals surface area contributed by atoms with Gasteiger partial charge in [0.15, 0.2) is 0 Å². The zero-order valence-corrected chi connectivity index (χ0v) is 13.4. The summed E-state index contributed by atoms with van der Waals surface area (Å²) in [5, 5.41) is 7.74. The van der Waals surface area contributed by atoms with Gasteiger partial charge in [0, 0.05) is 29.7 Å². The van der Waals surface area contributed by atoms with Gasteiger partial charge >= 0.3 is 6.03 Å². The normalized spacial score (nSPS) is 10.7. The van der Waals surface area contributed by atoms with Crippen LogP contribution in [0.2, 0.25) is 0 Å². The molecule has 5 heteroatoms. The summed E-state index contributed by atoms with van der Waals surface area (Å²) in [7, 11) is 0. The Morgan fingerprint density at radius 1 is 0.880 bits per heavy atom. The second-order valence-corrected chi connectivity index (χ2v) is 5.69. The first-order valence-electron chi connectivity index (χ1n) is 8.02. The van der Waals surface area contributed by atoms with Crippen molar-refractivity contribution in [1.82, 2.24) is 15.3 Å². The van der Waals surface area contributed by atoms with E-state index in [-0.39, 0.29) is 6.03 Å². The van der Waals surface area contributed by atoms with Gasteiger partial charge in [-0.1, -0.05) is 42.5 Å². The number of nitrogens with zero attached hydrogens (tertiary/aromatic N) is 2. The highest BCUT2D eigenvalue weighted by atomic mass is 16.2. The van der Waals surface area contributed by atoms with Crippen molar-refractivity contribution in [3.63, 3.8) is 0 Å². The number of anilines is 1. The van der Waals surface area contributed by atoms with Gasteiger partial charge in [0.2, 0.25) is 0 Å². The Balaban J connectivity index is 1.63. The van der Waals surface area contributed by atoms with E-state index < -0.39 is 0 Å². The molecule has 4 aromatic rings. The molecule has 2 N–H and O–H groups in total. The summed E-state index contributed by atoms with van der Waals surface area (Å²) >= 11 is 0. The van der Waals surface area contributed by atoms with E-state index >= 15 is 0 Å². The molecule has 0 saturated carbocycles. The summed E-state index contributed by atoms with van der Waals surface area (Å²) in [6.07, 6.45) is 3.46. The monoisotopic (exact) mass is 328 g/mol. The molecular weight excluding hydrogens is 312 g/mol. The van der Waals surface area contributed by atoms with Crippen LogP contribution in [0.25, 0.3) is 21.8 Å². The fourth-order valence-corrected chi connectivity index (χ4v) is 2.84. The van der Waals surface area contributed by atoms with Gasteiger partial charge in [0.05, 0.1) is 16.7 Å². The Morgan fingerprint density at radius 3 is 2.48 bits per heavy atom. The highest BCUT2D eigenvalue weighted by molar-refractivity contribution is 6.12. The molecule has 0 aliphatic heterocycles. The van der Waals surface area contributed by atoms with Gasteiger partial charge in [-0.05, 0) is 23.8 Å². The van der Waals surface area contributed by atoms with Gasteiger partial charge in [0.25, 0.3) is 0 Å². The minimum atomic E-state index is -0.272. The molecule has 2 amide bonds. The summed E-state index contributed by atoms with van der Waals surface area (Å²) in [6.45, 7) is 0.462. The lowest BCUT2D eigenvalue weighted by atomic mass is 10.1. The van der Waals surface area contributed by atoms with Crippen LogP contribution >= 0.6 is 0 Å². The first-order valence-corrected chi connectivity index (χ1v) is 8.02. The minimum absolute atomic E-state index is 0.272. The number of carbonyl (C=O) groups excluding carboxylic acids is 1. The van der Waals surface area contributed by atoms with E-state index in [9.17, 15) is 4.79 Å². The predicted molar refractivity (Wildman–Crippen MR) is 99.3 cm³/mol. The quantitative estimate of drug-likeness (QED) is 0.556. The van der Waals surface area contributed by atoms with E-state index in [2.05, 4.69) is 20.6 Å². The van der Waals surface area contributed by atoms with Crippen LogP contribution in [0.4, 0.5) is 10.5 Å². The Bertz CT molecular complexity index is 1050. The molecule has 2 aromatic heterocycles. The van der Waals surface area contributed by atoms with E-state index in [1.165, 1.54) is 0 Å². The molecule has 0 spiro atoms. The first-order chi connectivity index (χ1) is 12.3. The number of urea groups is 1. The highest BCUT2D eigenvalue weighted by Crippen LogP contribution is 2.29. The number of carbonyl (C=O) groups is 1. The topological polar surface area (TPSA) is 66.9 Å². The molecule has 0 aliphatic rings. The summed E-state index contributed by atoms with van der Waals surface area (Å²) in [6, 6.07) is 19.1. The number of amides is 2. The zero-order valence-electron chi connectivity index (χ0n) is 13.4. The van der Waals surface area contributed by atoms with Crippen LogP contribution in [0, 0.1) is 0 Å². The van der Waals surface area contributed by atoms with Crippen LogP contribution in [0.3, 0.4) is 0 Å². The van der Waals surface area contributed by atoms with Gasteiger partial charge in [0.1, 0.15) is 0 Å². The number of hydrogen-bond donors (Lipinski definition) is 2. The van der Waals surface area contributed by atoms with Crippen LogP contribution in [0.15, 0.2) is 73.1 Å². The maximum atomic E-state index is 12.3. The van der Waals surface area contributed by atoms with Crippen LogP contribution in [0.5, 0.6) is 0 Å². The average molecular weight is 328 g/mol. The average Bonchev–Trinajstić information content (AvgIpc) is 2.67. The van der Waals surface area contributed by atoms with Crippen molar-refractivity contribution in [3.8, 4) is 0 Å². The van der Waals surface area contributed by atoms with Gasteiger partial charge in [-0.2, -0.15) is 0 Å². The molecule has 2 heterocycles. The molecule has 0 saturated heterocycles. The summed E-state index contributed by atoms with van der Waals surface area (Å²) in [5.41, 5.74) is 3.26. The number of fused-ring (bicyclic) bond motifs is 3. The standard InChI is InChI=1S/C20H16N4O/c25-20(23-13-14-6-2-1-3-7-14)24-18-12-17-15(8-4-10-21-17)16-9-5-11-22-19(16)18/h1-12H,13H2,(H2,23,24,25). The minimum Gasteiger partial charge on any atom is -0.334 e. The third kappa shape index (κ3) is 3.12. The number of benzene rings is 2. The molecular formula is C20H16N4O. The smallest absolute Gasteiger partial charge is 0.319 e. The fraction of sp³-hybridized carbons (Fsp3) is 0.0500. The molecule has 4 rings (SSSR count). The summed E-state index contributed by atoms with van der Waals surface area (Å²) < 4.78 is 0. The van der Waals surface area contributed by atoms with Crippen LogP contribution in [-0.2, 0) is 6.54 Å². The van der Waals surface area contributed by atoms with Crippen molar-refractivity contribution < 1.29 is 4.79 Å². The largest absolute Gasteiger partial charge is 0.334 e. The number of aromatic nitrogens is 2. The van der Waals surface area contributed by atoms with Crippen molar-refractivity contribution in [1.29, 1.82) is 0 Å². The predicted octanol–water partition coefficient (Wildman–Crippen LogP) is 4.10. The van der Waals surface area contributed by atoms with Gasteiger partial charge in [-0.15, -0.1) is 0 Å². The van der Waals surface area contributed by atoms with E-state index in [4.69, 9.17) is 0 Å². The van der Waals surface area contributed by atoms with Crippen LogP contribution in [-0.4, -0.2) is 16.0 Å². The lowest BCUT2D eigenvalue weighted by molar-refractivity contribution is 0.252. The van der Waals surface area contributed by atoms with E-state index in [0.29, 0.717) is 12.2 Å². The lowest BCUT2D eigenvalue weighted by Crippen LogP contribution is -2.28. The van der Waals surface area contributed by atoms with Crippen molar-refractivity contribution >= 4 is 33.5 Å². The van der Waals surface area contributed by atoms with Crippen molar-refractivity contribution in [2.75, 3.05) is 5.32 Å². The van der Waals surface area contributed by atoms with E-state index in [0.717, 1.165) is 27.4 Å². The molecule has 0 fully saturated rings. The second-order valence-electron chi connectivity index (χ2n) is 5.69. The van der Waals surface area contributed by atoms with Crippen molar-refractivity contribution in [2.45, 2.75) is 6.54 Å². The third-order valence-electron chi connectivity index (χ3n) is 4.02. The number of nitrogens with one attached hydrogen (secondary N) is 2. The van der Waals surface area contributed by atoms with E-state index in [1.807, 2.05) is 60.7 Å². The maximum Gasteiger partial charge on any atom is 0.319 e. The second kappa shape index (κ2) is 6.57. The van der Waals surface area contributed by atoms with Crippen LogP contribution < -0.4 is 10.6 Å². The van der Waals surface area contributed by atoms with E-state index in [1.54, 1.807) is 12.4 Å². The highest BCUT2D eigenvalue weighted by Gasteiger charge is 2.10. The molecule has 5 nitrogen and oxygen atoms in total. The van der Waals surface area contributed by atoms with Gasteiger partial charge in [-0.25, -0.2) is 4.79 Å². The molecule has 0 radical (unpaired) electrons. The van der Waals surface area contributed by atoms with Crippen molar-refractivity contribution in [3.05, 3.63) is 78.6 Å². The van der Waals surface area contributed by atoms with Crippen molar-refractivity contribution in [2.24, 2.45) is 0 Å². The molecule has 0 unspecified atom stereocenters. The molecule has 0 atom stereocenters. The molecule has 0 bridgehead atoms. The molecule has 2 aromatic carbocycles. The number of rotatable bonds is 3. The zero-order chi connectivity index (χ0) is 17.1. The third-order valence-corrected chi connectivity index (χ3v) is 4.02. The lowest BCUT2D eigenvalue weighted by Gasteiger charge is -2.11. The molecule has 25 heavy (non-hydrogen) atoms. The Hall–Kier alpha value is -3.47. The Morgan fingerprint density at radius 2 is 1.64 bits per heavy atom.